The van der Waals surface area contributed by atoms with Crippen LogP contribution in [0.2, 0.25) is 5.15 Å². The number of nitrogens with one attached hydrogen (secondary N) is 1. The van der Waals surface area contributed by atoms with Crippen LogP contribution in [0.5, 0.6) is 0 Å². The van der Waals surface area contributed by atoms with Gasteiger partial charge in [0.15, 0.2) is 0 Å². The summed E-state index contributed by atoms with van der Waals surface area (Å²) in [6.07, 6.45) is 8.42. The first-order chi connectivity index (χ1) is 15.4. The molecule has 0 amide bonds. The van der Waals surface area contributed by atoms with E-state index in [4.69, 9.17) is 16.6 Å². The Morgan fingerprint density at radius 3 is 2.59 bits per heavy atom. The van der Waals surface area contributed by atoms with Crippen LogP contribution in [0, 0.1) is 5.92 Å². The molecule has 2 heterocycles. The molecule has 6 nitrogen and oxygen atoms in total. The Labute approximate surface area is 191 Å². The Bertz CT molecular complexity index is 1330. The maximum Gasteiger partial charge on any atom is 0.263 e. The van der Waals surface area contributed by atoms with Crippen LogP contribution in [0.3, 0.4) is 0 Å². The molecule has 0 bridgehead atoms. The molecule has 0 aliphatic heterocycles. The monoisotopic (exact) mass is 465 g/mol. The van der Waals surface area contributed by atoms with Crippen LogP contribution in [-0.2, 0) is 27.7 Å². The number of rotatable bonds is 7. The lowest BCUT2D eigenvalue weighted by Crippen LogP contribution is -2.13. The summed E-state index contributed by atoms with van der Waals surface area (Å²) in [4.78, 5) is 20.9. The summed E-state index contributed by atoms with van der Waals surface area (Å²) < 4.78 is 27.7. The number of Topliss-reactive ketones (excluding diaryl/α,β-unsaturated/α-hetero) is 1. The molecule has 0 radical (unpaired) electrons. The lowest BCUT2D eigenvalue weighted by molar-refractivity contribution is -0.119. The summed E-state index contributed by atoms with van der Waals surface area (Å²) in [6.45, 7) is 0. The van der Waals surface area contributed by atoms with Gasteiger partial charge in [-0.05, 0) is 54.3 Å². The highest BCUT2D eigenvalue weighted by molar-refractivity contribution is 7.92. The summed E-state index contributed by atoms with van der Waals surface area (Å²) in [6, 6.07) is 12.0. The van der Waals surface area contributed by atoms with E-state index in [-0.39, 0.29) is 21.7 Å². The minimum atomic E-state index is -3.77. The molecule has 3 aromatic rings. The predicted octanol–water partition coefficient (Wildman–Crippen LogP) is 4.69. The molecule has 162 valence electrons. The van der Waals surface area contributed by atoms with Crippen molar-refractivity contribution in [3.05, 3.63) is 76.8 Å². The molecule has 2 aliphatic rings. The highest BCUT2D eigenvalue weighted by atomic mass is 35.5. The van der Waals surface area contributed by atoms with E-state index in [0.717, 1.165) is 47.3 Å². The van der Waals surface area contributed by atoms with E-state index in [9.17, 15) is 13.2 Å². The molecule has 1 aromatic carbocycles. The number of pyridine rings is 2. The number of aromatic nitrogens is 2. The number of halogens is 1. The van der Waals surface area contributed by atoms with Crippen molar-refractivity contribution in [3.63, 3.8) is 0 Å². The van der Waals surface area contributed by atoms with Gasteiger partial charge in [-0.15, -0.1) is 0 Å². The molecular weight excluding hydrogens is 446 g/mol. The second kappa shape index (κ2) is 8.15. The molecule has 0 saturated heterocycles. The smallest absolute Gasteiger partial charge is 0.263 e. The minimum Gasteiger partial charge on any atom is -0.299 e. The Morgan fingerprint density at radius 2 is 1.91 bits per heavy atom. The van der Waals surface area contributed by atoms with Crippen LogP contribution in [0.1, 0.15) is 29.8 Å². The van der Waals surface area contributed by atoms with Crippen molar-refractivity contribution in [2.45, 2.75) is 30.6 Å². The Hall–Kier alpha value is -3.03. The SMILES string of the molecule is O=C(Cc1cc(-c2ccc(NS(=O)(=O)c3ccc(Cl)nc3)cc2)c2c(n1)CC=C2)C1CC1. The second-order valence-corrected chi connectivity index (χ2v) is 10.1. The van der Waals surface area contributed by atoms with Crippen LogP contribution in [-0.4, -0.2) is 24.2 Å². The second-order valence-electron chi connectivity index (χ2n) is 8.04. The van der Waals surface area contributed by atoms with Gasteiger partial charge in [-0.3, -0.25) is 14.5 Å². The number of carbonyl (C=O) groups excluding carboxylic acids is 1. The van der Waals surface area contributed by atoms with Crippen LogP contribution in [0.4, 0.5) is 5.69 Å². The van der Waals surface area contributed by atoms with E-state index in [1.807, 2.05) is 24.3 Å². The summed E-state index contributed by atoms with van der Waals surface area (Å²) in [5, 5.41) is 0.227. The molecule has 5 rings (SSSR count). The van der Waals surface area contributed by atoms with E-state index in [1.54, 1.807) is 12.1 Å². The number of hydrogen-bond acceptors (Lipinski definition) is 5. The molecule has 1 saturated carbocycles. The number of fused-ring (bicyclic) bond motifs is 1. The van der Waals surface area contributed by atoms with Gasteiger partial charge in [-0.2, -0.15) is 0 Å². The number of sulfonamides is 1. The van der Waals surface area contributed by atoms with Gasteiger partial charge in [-0.1, -0.05) is 35.9 Å². The first-order valence-electron chi connectivity index (χ1n) is 10.4. The molecule has 32 heavy (non-hydrogen) atoms. The van der Waals surface area contributed by atoms with Crippen molar-refractivity contribution in [1.29, 1.82) is 0 Å². The highest BCUT2D eigenvalue weighted by Gasteiger charge is 2.30. The molecular formula is C24H20ClN3O3S. The lowest BCUT2D eigenvalue weighted by Gasteiger charge is -2.12. The zero-order chi connectivity index (χ0) is 22.3. The van der Waals surface area contributed by atoms with E-state index >= 15 is 0 Å². The minimum absolute atomic E-state index is 0.0352. The zero-order valence-electron chi connectivity index (χ0n) is 17.1. The van der Waals surface area contributed by atoms with Crippen LogP contribution < -0.4 is 4.72 Å². The normalized spacial score (nSPS) is 14.9. The number of anilines is 1. The number of hydrogen-bond donors (Lipinski definition) is 1. The van der Waals surface area contributed by atoms with Gasteiger partial charge in [0.05, 0.1) is 5.69 Å². The molecule has 0 atom stereocenters. The van der Waals surface area contributed by atoms with Gasteiger partial charge < -0.3 is 0 Å². The molecule has 2 aromatic heterocycles. The topological polar surface area (TPSA) is 89.0 Å². The molecule has 1 N–H and O–H groups in total. The average Bonchev–Trinajstić information content (AvgIpc) is 3.52. The van der Waals surface area contributed by atoms with Gasteiger partial charge in [0.2, 0.25) is 0 Å². The van der Waals surface area contributed by atoms with E-state index in [0.29, 0.717) is 12.1 Å². The third-order valence-electron chi connectivity index (χ3n) is 5.63. The van der Waals surface area contributed by atoms with E-state index < -0.39 is 10.0 Å². The Kier molecular flexibility index (Phi) is 5.31. The van der Waals surface area contributed by atoms with Crippen molar-refractivity contribution < 1.29 is 13.2 Å². The summed E-state index contributed by atoms with van der Waals surface area (Å²) in [7, 11) is -3.77. The fourth-order valence-corrected chi connectivity index (χ4v) is 4.92. The van der Waals surface area contributed by atoms with E-state index in [2.05, 4.69) is 15.8 Å². The van der Waals surface area contributed by atoms with Gasteiger partial charge >= 0.3 is 0 Å². The van der Waals surface area contributed by atoms with Gasteiger partial charge in [0.25, 0.3) is 10.0 Å². The fraction of sp³-hybridized carbons (Fsp3) is 0.208. The van der Waals surface area contributed by atoms with Crippen molar-refractivity contribution in [1.82, 2.24) is 9.97 Å². The molecule has 2 aliphatic carbocycles. The third kappa shape index (κ3) is 4.31. The summed E-state index contributed by atoms with van der Waals surface area (Å²) >= 11 is 5.74. The quantitative estimate of drug-likeness (QED) is 0.511. The third-order valence-corrected chi connectivity index (χ3v) is 7.22. The first kappa shape index (κ1) is 20.8. The summed E-state index contributed by atoms with van der Waals surface area (Å²) in [5.41, 5.74) is 5.19. The standard InChI is InChI=1S/C24H20ClN3O3S/c25-24-11-10-19(14-26-24)32(30,31)28-17-8-6-15(7-9-17)21-12-18(13-23(29)16-4-5-16)27-22-3-1-2-20(21)22/h1-2,6-12,14,16,28H,3-5,13H2. The van der Waals surface area contributed by atoms with Crippen molar-refractivity contribution >= 4 is 39.2 Å². The Morgan fingerprint density at radius 1 is 1.12 bits per heavy atom. The molecule has 1 fully saturated rings. The van der Waals surface area contributed by atoms with Gasteiger partial charge in [-0.25, -0.2) is 13.4 Å². The molecule has 8 heteroatoms. The maximum absolute atomic E-state index is 12.6. The Balaban J connectivity index is 1.41. The lowest BCUT2D eigenvalue weighted by atomic mass is 9.97. The number of nitrogens with zero attached hydrogens (tertiary/aromatic N) is 2. The van der Waals surface area contributed by atoms with Crippen molar-refractivity contribution in [3.8, 4) is 11.1 Å². The highest BCUT2D eigenvalue weighted by Crippen LogP contribution is 2.34. The van der Waals surface area contributed by atoms with Gasteiger partial charge in [0, 0.05) is 41.9 Å². The predicted molar refractivity (Wildman–Crippen MR) is 124 cm³/mol. The fourth-order valence-electron chi connectivity index (χ4n) is 3.81. The van der Waals surface area contributed by atoms with Crippen LogP contribution in [0.15, 0.2) is 59.6 Å². The van der Waals surface area contributed by atoms with E-state index in [1.165, 1.54) is 18.3 Å². The van der Waals surface area contributed by atoms with Crippen molar-refractivity contribution in [2.75, 3.05) is 4.72 Å². The number of ketones is 1. The van der Waals surface area contributed by atoms with Crippen LogP contribution in [0.25, 0.3) is 17.2 Å². The van der Waals surface area contributed by atoms with Gasteiger partial charge in [0.1, 0.15) is 15.8 Å². The van der Waals surface area contributed by atoms with Crippen molar-refractivity contribution in [2.24, 2.45) is 5.92 Å². The number of allylic oxidation sites excluding steroid dienone is 1. The zero-order valence-corrected chi connectivity index (χ0v) is 18.7. The average molecular weight is 466 g/mol. The molecule has 0 spiro atoms. The molecule has 0 unspecified atom stereocenters. The maximum atomic E-state index is 12.6. The first-order valence-corrected chi connectivity index (χ1v) is 12.2. The number of carbonyl (C=O) groups is 1. The summed E-state index contributed by atoms with van der Waals surface area (Å²) in [5.74, 6) is 0.463. The largest absolute Gasteiger partial charge is 0.299 e. The van der Waals surface area contributed by atoms with Crippen LogP contribution >= 0.6 is 11.6 Å². The number of benzene rings is 1.